The molecule has 70 valence electrons. The standard InChI is InChI=1S/C10H17BrO/c1-9(2)7-3-4-10(5-7,6-11)8(9)12/h7-8,12H,3-6H2,1-2H3/t7-,8-,10+/m0/s1. The minimum absolute atomic E-state index is 0.0943. The molecule has 2 aliphatic rings. The number of halogens is 1. The van der Waals surface area contributed by atoms with E-state index in [0.717, 1.165) is 11.2 Å². The zero-order valence-electron chi connectivity index (χ0n) is 7.81. The quantitative estimate of drug-likeness (QED) is 0.690. The van der Waals surface area contributed by atoms with Crippen molar-refractivity contribution in [2.75, 3.05) is 5.33 Å². The van der Waals surface area contributed by atoms with E-state index in [-0.39, 0.29) is 16.9 Å². The maximum Gasteiger partial charge on any atom is 0.0658 e. The second kappa shape index (κ2) is 2.48. The third-order valence-corrected chi connectivity index (χ3v) is 5.36. The van der Waals surface area contributed by atoms with Crippen molar-refractivity contribution in [1.82, 2.24) is 0 Å². The number of rotatable bonds is 1. The number of alkyl halides is 1. The molecule has 0 aromatic rings. The van der Waals surface area contributed by atoms with Gasteiger partial charge in [0.05, 0.1) is 6.10 Å². The molecular formula is C10H17BrO. The summed E-state index contributed by atoms with van der Waals surface area (Å²) in [5, 5.41) is 11.1. The van der Waals surface area contributed by atoms with Crippen molar-refractivity contribution in [2.24, 2.45) is 16.7 Å². The summed E-state index contributed by atoms with van der Waals surface area (Å²) in [5.74, 6) is 0.755. The minimum Gasteiger partial charge on any atom is -0.392 e. The summed E-state index contributed by atoms with van der Waals surface area (Å²) in [5.41, 5.74) is 0.375. The molecule has 2 aliphatic carbocycles. The van der Waals surface area contributed by atoms with E-state index < -0.39 is 0 Å². The molecule has 2 fully saturated rings. The summed E-state index contributed by atoms with van der Waals surface area (Å²) in [4.78, 5) is 0. The summed E-state index contributed by atoms with van der Waals surface area (Å²) in [6.07, 6.45) is 3.67. The van der Waals surface area contributed by atoms with Gasteiger partial charge in [-0.3, -0.25) is 0 Å². The molecule has 3 atom stereocenters. The highest BCUT2D eigenvalue weighted by Gasteiger charge is 2.60. The number of aliphatic hydroxyl groups excluding tert-OH is 1. The van der Waals surface area contributed by atoms with Crippen LogP contribution >= 0.6 is 15.9 Å². The third kappa shape index (κ3) is 0.884. The molecule has 0 aromatic carbocycles. The second-order valence-corrected chi connectivity index (χ2v) is 5.72. The van der Waals surface area contributed by atoms with Crippen LogP contribution in [0.1, 0.15) is 33.1 Å². The Balaban J connectivity index is 2.32. The van der Waals surface area contributed by atoms with E-state index in [1.54, 1.807) is 0 Å². The summed E-state index contributed by atoms with van der Waals surface area (Å²) in [7, 11) is 0. The van der Waals surface area contributed by atoms with Crippen molar-refractivity contribution in [3.05, 3.63) is 0 Å². The molecule has 0 heterocycles. The van der Waals surface area contributed by atoms with Gasteiger partial charge in [0.15, 0.2) is 0 Å². The molecule has 0 saturated heterocycles. The van der Waals surface area contributed by atoms with Crippen molar-refractivity contribution >= 4 is 15.9 Å². The highest BCUT2D eigenvalue weighted by molar-refractivity contribution is 9.09. The maximum atomic E-state index is 10.2. The van der Waals surface area contributed by atoms with Gasteiger partial charge in [0.25, 0.3) is 0 Å². The SMILES string of the molecule is CC1(C)[C@H]2CC[C@](CBr)(C2)[C@H]1O. The molecule has 0 aromatic heterocycles. The van der Waals surface area contributed by atoms with Gasteiger partial charge >= 0.3 is 0 Å². The van der Waals surface area contributed by atoms with Gasteiger partial charge in [0, 0.05) is 10.7 Å². The molecule has 0 unspecified atom stereocenters. The van der Waals surface area contributed by atoms with E-state index in [2.05, 4.69) is 29.8 Å². The first-order valence-corrected chi connectivity index (χ1v) is 5.89. The second-order valence-electron chi connectivity index (χ2n) is 5.16. The van der Waals surface area contributed by atoms with Gasteiger partial charge in [-0.15, -0.1) is 0 Å². The van der Waals surface area contributed by atoms with Crippen LogP contribution < -0.4 is 0 Å². The van der Waals surface area contributed by atoms with Gasteiger partial charge in [-0.25, -0.2) is 0 Å². The molecule has 2 heteroatoms. The van der Waals surface area contributed by atoms with Crippen LogP contribution in [0, 0.1) is 16.7 Å². The Bertz CT molecular complexity index is 202. The van der Waals surface area contributed by atoms with E-state index in [1.165, 1.54) is 19.3 Å². The fourth-order valence-corrected chi connectivity index (χ4v) is 4.06. The first kappa shape index (κ1) is 9.01. The molecule has 2 bridgehead atoms. The van der Waals surface area contributed by atoms with Crippen molar-refractivity contribution in [1.29, 1.82) is 0 Å². The van der Waals surface area contributed by atoms with Crippen LogP contribution in [-0.2, 0) is 0 Å². The van der Waals surface area contributed by atoms with Gasteiger partial charge < -0.3 is 5.11 Å². The van der Waals surface area contributed by atoms with E-state index >= 15 is 0 Å². The van der Waals surface area contributed by atoms with Crippen LogP contribution in [0.2, 0.25) is 0 Å². The molecule has 0 amide bonds. The van der Waals surface area contributed by atoms with Crippen molar-refractivity contribution in [3.8, 4) is 0 Å². The highest BCUT2D eigenvalue weighted by Crippen LogP contribution is 2.63. The fraction of sp³-hybridized carbons (Fsp3) is 1.00. The minimum atomic E-state index is -0.0943. The molecule has 1 nitrogen and oxygen atoms in total. The van der Waals surface area contributed by atoms with Crippen LogP contribution in [0.15, 0.2) is 0 Å². The lowest BCUT2D eigenvalue weighted by molar-refractivity contribution is -0.0314. The number of hydrogen-bond donors (Lipinski definition) is 1. The van der Waals surface area contributed by atoms with Gasteiger partial charge in [-0.05, 0) is 30.6 Å². The summed E-state index contributed by atoms with van der Waals surface area (Å²) in [6.45, 7) is 4.43. The highest BCUT2D eigenvalue weighted by atomic mass is 79.9. The molecule has 12 heavy (non-hydrogen) atoms. The predicted octanol–water partition coefficient (Wildman–Crippen LogP) is 2.57. The number of hydrogen-bond acceptors (Lipinski definition) is 1. The predicted molar refractivity (Wildman–Crippen MR) is 53.4 cm³/mol. The lowest BCUT2D eigenvalue weighted by Gasteiger charge is -2.40. The van der Waals surface area contributed by atoms with Crippen LogP contribution in [0.4, 0.5) is 0 Å². The van der Waals surface area contributed by atoms with E-state index in [0.29, 0.717) is 0 Å². The van der Waals surface area contributed by atoms with Crippen LogP contribution in [0.3, 0.4) is 0 Å². The molecule has 1 N–H and O–H groups in total. The van der Waals surface area contributed by atoms with E-state index in [1.807, 2.05) is 0 Å². The first-order chi connectivity index (χ1) is 5.53. The van der Waals surface area contributed by atoms with Gasteiger partial charge in [0.1, 0.15) is 0 Å². The lowest BCUT2D eigenvalue weighted by atomic mass is 9.70. The fourth-order valence-electron chi connectivity index (χ4n) is 3.25. The Morgan fingerprint density at radius 3 is 2.50 bits per heavy atom. The Morgan fingerprint density at radius 1 is 1.50 bits per heavy atom. The average molecular weight is 233 g/mol. The molecule has 2 saturated carbocycles. The Kier molecular flexibility index (Phi) is 1.86. The van der Waals surface area contributed by atoms with Gasteiger partial charge in [0.2, 0.25) is 0 Å². The van der Waals surface area contributed by atoms with Crippen LogP contribution in [0.5, 0.6) is 0 Å². The first-order valence-electron chi connectivity index (χ1n) is 4.77. The van der Waals surface area contributed by atoms with Gasteiger partial charge in [-0.1, -0.05) is 29.8 Å². The third-order valence-electron chi connectivity index (χ3n) is 4.25. The largest absolute Gasteiger partial charge is 0.392 e. The Morgan fingerprint density at radius 2 is 2.17 bits per heavy atom. The average Bonchev–Trinajstić information content (AvgIpc) is 2.53. The van der Waals surface area contributed by atoms with Crippen molar-refractivity contribution < 1.29 is 5.11 Å². The zero-order valence-corrected chi connectivity index (χ0v) is 9.39. The monoisotopic (exact) mass is 232 g/mol. The van der Waals surface area contributed by atoms with Crippen LogP contribution in [0.25, 0.3) is 0 Å². The molecule has 2 rings (SSSR count). The normalized spacial score (nSPS) is 50.0. The number of fused-ring (bicyclic) bond motifs is 2. The van der Waals surface area contributed by atoms with Crippen LogP contribution in [-0.4, -0.2) is 16.5 Å². The lowest BCUT2D eigenvalue weighted by Crippen LogP contribution is -2.42. The molecule has 0 spiro atoms. The van der Waals surface area contributed by atoms with Crippen molar-refractivity contribution in [2.45, 2.75) is 39.2 Å². The van der Waals surface area contributed by atoms with E-state index in [9.17, 15) is 5.11 Å². The zero-order chi connectivity index (χ0) is 8.98. The summed E-state index contributed by atoms with van der Waals surface area (Å²) >= 11 is 3.55. The smallest absolute Gasteiger partial charge is 0.0658 e. The maximum absolute atomic E-state index is 10.2. The Labute approximate surface area is 82.7 Å². The molecule has 0 radical (unpaired) electrons. The summed E-state index contributed by atoms with van der Waals surface area (Å²) < 4.78 is 0. The van der Waals surface area contributed by atoms with E-state index in [4.69, 9.17) is 0 Å². The van der Waals surface area contributed by atoms with Gasteiger partial charge in [-0.2, -0.15) is 0 Å². The van der Waals surface area contributed by atoms with Crippen molar-refractivity contribution in [3.63, 3.8) is 0 Å². The summed E-state index contributed by atoms with van der Waals surface area (Å²) in [6, 6.07) is 0. The molecule has 0 aliphatic heterocycles. The number of aliphatic hydroxyl groups is 1. The topological polar surface area (TPSA) is 20.2 Å². The molecular weight excluding hydrogens is 216 g/mol. The Hall–Kier alpha value is 0.440.